The van der Waals surface area contributed by atoms with E-state index >= 15 is 0 Å². The maximum Gasteiger partial charge on any atom is 0.407 e. The standard InChI is InChI=1S/C18H21ClFN3O3/c1-3-15-21-17(19)16-13(22(18(24)25)8-9-23(15)16)6-4-11-5-7-14(26-2)12(20)10-11/h5,7,10,13H,3-4,6,8-9H2,1-2H3,(H,24,25). The molecule has 26 heavy (non-hydrogen) atoms. The Hall–Kier alpha value is -2.28. The number of imidazole rings is 1. The molecule has 0 radical (unpaired) electrons. The van der Waals surface area contributed by atoms with E-state index in [1.165, 1.54) is 18.1 Å². The second-order valence-electron chi connectivity index (χ2n) is 6.21. The zero-order chi connectivity index (χ0) is 18.8. The van der Waals surface area contributed by atoms with Gasteiger partial charge in [0, 0.05) is 19.5 Å². The zero-order valence-corrected chi connectivity index (χ0v) is 15.5. The average molecular weight is 382 g/mol. The Morgan fingerprint density at radius 3 is 2.85 bits per heavy atom. The average Bonchev–Trinajstić information content (AvgIpc) is 2.96. The molecule has 3 rings (SSSR count). The van der Waals surface area contributed by atoms with E-state index in [2.05, 4.69) is 4.98 Å². The SMILES string of the molecule is CCc1nc(Cl)c2n1CCN(C(=O)O)C2CCc1ccc(OC)c(F)c1. The van der Waals surface area contributed by atoms with Gasteiger partial charge in [-0.25, -0.2) is 14.2 Å². The van der Waals surface area contributed by atoms with Crippen molar-refractivity contribution in [1.82, 2.24) is 14.5 Å². The molecular weight excluding hydrogens is 361 g/mol. The third kappa shape index (κ3) is 3.35. The number of ether oxygens (including phenoxy) is 1. The Morgan fingerprint density at radius 2 is 2.23 bits per heavy atom. The number of benzene rings is 1. The van der Waals surface area contributed by atoms with Gasteiger partial charge in [0.2, 0.25) is 0 Å². The summed E-state index contributed by atoms with van der Waals surface area (Å²) in [5.41, 5.74) is 1.50. The first kappa shape index (κ1) is 18.5. The van der Waals surface area contributed by atoms with E-state index in [1.54, 1.807) is 12.1 Å². The lowest BCUT2D eigenvalue weighted by molar-refractivity contribution is 0.106. The minimum Gasteiger partial charge on any atom is -0.494 e. The van der Waals surface area contributed by atoms with Gasteiger partial charge in [-0.1, -0.05) is 24.6 Å². The molecule has 1 atom stereocenters. The van der Waals surface area contributed by atoms with E-state index in [-0.39, 0.29) is 5.75 Å². The van der Waals surface area contributed by atoms with Gasteiger partial charge in [0.1, 0.15) is 5.82 Å². The van der Waals surface area contributed by atoms with Crippen molar-refractivity contribution in [1.29, 1.82) is 0 Å². The topological polar surface area (TPSA) is 67.6 Å². The fourth-order valence-corrected chi connectivity index (χ4v) is 3.85. The number of rotatable bonds is 5. The molecule has 6 nitrogen and oxygen atoms in total. The summed E-state index contributed by atoms with van der Waals surface area (Å²) in [4.78, 5) is 17.5. The molecule has 8 heteroatoms. The number of aryl methyl sites for hydroxylation is 2. The van der Waals surface area contributed by atoms with Crippen LogP contribution in [0.2, 0.25) is 5.15 Å². The van der Waals surface area contributed by atoms with Crippen LogP contribution in [0, 0.1) is 5.82 Å². The summed E-state index contributed by atoms with van der Waals surface area (Å²) in [5.74, 6) is 0.614. The van der Waals surface area contributed by atoms with Crippen molar-refractivity contribution in [3.8, 4) is 5.75 Å². The van der Waals surface area contributed by atoms with Gasteiger partial charge in [-0.15, -0.1) is 0 Å². The highest BCUT2D eigenvalue weighted by Crippen LogP contribution is 2.35. The largest absolute Gasteiger partial charge is 0.494 e. The van der Waals surface area contributed by atoms with Crippen LogP contribution in [-0.4, -0.2) is 39.3 Å². The minimum absolute atomic E-state index is 0.187. The smallest absolute Gasteiger partial charge is 0.407 e. The number of hydrogen-bond acceptors (Lipinski definition) is 3. The zero-order valence-electron chi connectivity index (χ0n) is 14.7. The van der Waals surface area contributed by atoms with Gasteiger partial charge in [-0.3, -0.25) is 4.90 Å². The molecule has 0 spiro atoms. The van der Waals surface area contributed by atoms with Gasteiger partial charge in [0.05, 0.1) is 18.8 Å². The predicted molar refractivity (Wildman–Crippen MR) is 95.4 cm³/mol. The van der Waals surface area contributed by atoms with Crippen molar-refractivity contribution >= 4 is 17.7 Å². The minimum atomic E-state index is -0.988. The van der Waals surface area contributed by atoms with Crippen molar-refractivity contribution in [2.75, 3.05) is 13.7 Å². The summed E-state index contributed by atoms with van der Waals surface area (Å²) in [6.07, 6.45) is 0.742. The molecule has 140 valence electrons. The third-order valence-electron chi connectivity index (χ3n) is 4.78. The fraction of sp³-hybridized carbons (Fsp3) is 0.444. The number of nitrogens with zero attached hydrogens (tertiary/aromatic N) is 3. The summed E-state index contributed by atoms with van der Waals surface area (Å²) in [7, 11) is 1.42. The van der Waals surface area contributed by atoms with Gasteiger partial charge >= 0.3 is 6.09 Å². The third-order valence-corrected chi connectivity index (χ3v) is 5.06. The summed E-state index contributed by atoms with van der Waals surface area (Å²) in [6, 6.07) is 4.37. The van der Waals surface area contributed by atoms with Crippen LogP contribution >= 0.6 is 11.6 Å². The van der Waals surface area contributed by atoms with Crippen molar-refractivity contribution in [2.24, 2.45) is 0 Å². The van der Waals surface area contributed by atoms with E-state index in [9.17, 15) is 14.3 Å². The number of fused-ring (bicyclic) bond motifs is 1. The first-order chi connectivity index (χ1) is 12.5. The molecular formula is C18H21ClFN3O3. The quantitative estimate of drug-likeness (QED) is 0.852. The maximum atomic E-state index is 13.9. The number of aromatic nitrogens is 2. The van der Waals surface area contributed by atoms with Crippen LogP contribution in [0.5, 0.6) is 5.75 Å². The number of amides is 1. The van der Waals surface area contributed by atoms with Crippen molar-refractivity contribution in [3.05, 3.63) is 46.3 Å². The van der Waals surface area contributed by atoms with E-state index in [0.29, 0.717) is 31.1 Å². The first-order valence-corrected chi connectivity index (χ1v) is 8.90. The molecule has 1 aliphatic heterocycles. The number of carboxylic acid groups (broad SMARTS) is 1. The maximum absolute atomic E-state index is 13.9. The normalized spacial score (nSPS) is 16.5. The monoisotopic (exact) mass is 381 g/mol. The Bertz CT molecular complexity index is 824. The van der Waals surface area contributed by atoms with Crippen molar-refractivity contribution < 1.29 is 19.0 Å². The number of hydrogen-bond donors (Lipinski definition) is 1. The highest BCUT2D eigenvalue weighted by molar-refractivity contribution is 6.30. The second kappa shape index (κ2) is 7.53. The molecule has 1 unspecified atom stereocenters. The summed E-state index contributed by atoms with van der Waals surface area (Å²) in [5, 5.41) is 9.92. The fourth-order valence-electron chi connectivity index (χ4n) is 3.52. The van der Waals surface area contributed by atoms with Crippen LogP contribution < -0.4 is 4.74 Å². The lowest BCUT2D eigenvalue weighted by Crippen LogP contribution is -2.42. The first-order valence-electron chi connectivity index (χ1n) is 8.53. The lowest BCUT2D eigenvalue weighted by atomic mass is 10.00. The van der Waals surface area contributed by atoms with Gasteiger partial charge < -0.3 is 14.4 Å². The Balaban J connectivity index is 1.87. The van der Waals surface area contributed by atoms with Gasteiger partial charge in [-0.2, -0.15) is 0 Å². The van der Waals surface area contributed by atoms with Gasteiger partial charge in [-0.05, 0) is 30.5 Å². The van der Waals surface area contributed by atoms with Crippen molar-refractivity contribution in [2.45, 2.75) is 38.8 Å². The highest BCUT2D eigenvalue weighted by Gasteiger charge is 2.34. The molecule has 1 aliphatic rings. The molecule has 0 saturated carbocycles. The van der Waals surface area contributed by atoms with E-state index in [4.69, 9.17) is 16.3 Å². The molecule has 2 heterocycles. The molecule has 1 amide bonds. The molecule has 2 aromatic rings. The van der Waals surface area contributed by atoms with Crippen LogP contribution in [0.25, 0.3) is 0 Å². The number of carbonyl (C=O) groups is 1. The molecule has 0 fully saturated rings. The van der Waals surface area contributed by atoms with Crippen LogP contribution in [0.3, 0.4) is 0 Å². The summed E-state index contributed by atoms with van der Waals surface area (Å²) in [6.45, 7) is 2.91. The molecule has 1 aromatic carbocycles. The predicted octanol–water partition coefficient (Wildman–Crippen LogP) is 3.91. The van der Waals surface area contributed by atoms with Crippen LogP contribution in [-0.2, 0) is 19.4 Å². The highest BCUT2D eigenvalue weighted by atomic mass is 35.5. The number of methoxy groups -OCH3 is 1. The Kier molecular flexibility index (Phi) is 5.36. The molecule has 0 bridgehead atoms. The molecule has 0 aliphatic carbocycles. The van der Waals surface area contributed by atoms with E-state index < -0.39 is 18.0 Å². The number of halogens is 2. The van der Waals surface area contributed by atoms with Crippen LogP contribution in [0.15, 0.2) is 18.2 Å². The van der Waals surface area contributed by atoms with Gasteiger partial charge in [0.25, 0.3) is 0 Å². The summed E-state index contributed by atoms with van der Waals surface area (Å²) >= 11 is 6.32. The van der Waals surface area contributed by atoms with E-state index in [1.807, 2.05) is 11.5 Å². The van der Waals surface area contributed by atoms with Crippen LogP contribution in [0.1, 0.15) is 36.5 Å². The molecule has 1 N–H and O–H groups in total. The lowest BCUT2D eigenvalue weighted by Gasteiger charge is -2.35. The Morgan fingerprint density at radius 1 is 1.46 bits per heavy atom. The molecule has 1 aromatic heterocycles. The van der Waals surface area contributed by atoms with Gasteiger partial charge in [0.15, 0.2) is 16.7 Å². The summed E-state index contributed by atoms with van der Waals surface area (Å²) < 4.78 is 20.9. The molecule has 0 saturated heterocycles. The van der Waals surface area contributed by atoms with E-state index in [0.717, 1.165) is 23.5 Å². The second-order valence-corrected chi connectivity index (χ2v) is 6.57. The van der Waals surface area contributed by atoms with Crippen LogP contribution in [0.4, 0.5) is 9.18 Å². The van der Waals surface area contributed by atoms with Crippen molar-refractivity contribution in [3.63, 3.8) is 0 Å². The Labute approximate surface area is 156 Å².